The topological polar surface area (TPSA) is 46.2 Å². The number of hydrogen-bond acceptors (Lipinski definition) is 3. The molecule has 1 aromatic carbocycles. The molecule has 2 rings (SSSR count). The first-order valence-electron chi connectivity index (χ1n) is 6.27. The van der Waals surface area contributed by atoms with Crippen LogP contribution in [0.15, 0.2) is 46.3 Å². The first-order chi connectivity index (χ1) is 9.65. The van der Waals surface area contributed by atoms with Crippen LogP contribution in [0.2, 0.25) is 0 Å². The summed E-state index contributed by atoms with van der Waals surface area (Å²) in [6, 6.07) is 11.1. The number of hydrogen-bond donors (Lipinski definition) is 1. The molecule has 0 aliphatic heterocycles. The summed E-state index contributed by atoms with van der Waals surface area (Å²) in [5, 5.41) is 4.69. The molecule has 3 nitrogen and oxygen atoms in total. The fraction of sp³-hybridized carbons (Fsp3) is 0.200. The maximum atomic E-state index is 11.8. The average Bonchev–Trinajstić information content (AvgIpc) is 2.95. The van der Waals surface area contributed by atoms with Crippen molar-refractivity contribution in [1.29, 1.82) is 0 Å². The molecule has 1 aromatic heterocycles. The van der Waals surface area contributed by atoms with Crippen LogP contribution in [0, 0.1) is 0 Å². The molecule has 0 fully saturated rings. The van der Waals surface area contributed by atoms with Crippen molar-refractivity contribution in [3.63, 3.8) is 0 Å². The second-order valence-electron chi connectivity index (χ2n) is 4.31. The van der Waals surface area contributed by atoms with E-state index < -0.39 is 0 Å². The zero-order chi connectivity index (χ0) is 14.4. The number of rotatable bonds is 6. The fourth-order valence-electron chi connectivity index (χ4n) is 1.73. The number of Topliss-reactive ketones (excluding diaryl/α,β-unsaturated/α-hetero) is 1. The van der Waals surface area contributed by atoms with Gasteiger partial charge in [0, 0.05) is 23.0 Å². The van der Waals surface area contributed by atoms with Gasteiger partial charge in [-0.15, -0.1) is 11.3 Å². The molecule has 0 bridgehead atoms. The van der Waals surface area contributed by atoms with Crippen LogP contribution >= 0.6 is 27.3 Å². The summed E-state index contributed by atoms with van der Waals surface area (Å²) in [5.74, 6) is 0.0442. The molecule has 0 saturated carbocycles. The molecule has 0 aliphatic rings. The zero-order valence-electron chi connectivity index (χ0n) is 10.8. The lowest BCUT2D eigenvalue weighted by molar-refractivity contribution is -0.116. The molecule has 104 valence electrons. The lowest BCUT2D eigenvalue weighted by Crippen LogP contribution is -2.11. The highest BCUT2D eigenvalue weighted by molar-refractivity contribution is 9.10. The number of anilines is 1. The second kappa shape index (κ2) is 7.36. The molecule has 0 unspecified atom stereocenters. The lowest BCUT2D eigenvalue weighted by Gasteiger charge is -2.04. The zero-order valence-corrected chi connectivity index (χ0v) is 13.2. The molecule has 2 aromatic rings. The van der Waals surface area contributed by atoms with E-state index >= 15 is 0 Å². The summed E-state index contributed by atoms with van der Waals surface area (Å²) in [7, 11) is 0. The van der Waals surface area contributed by atoms with Crippen molar-refractivity contribution in [2.24, 2.45) is 0 Å². The summed E-state index contributed by atoms with van der Waals surface area (Å²) in [6.45, 7) is 0. The largest absolute Gasteiger partial charge is 0.326 e. The van der Waals surface area contributed by atoms with E-state index in [0.717, 1.165) is 15.0 Å². The molecule has 5 heteroatoms. The Labute approximate surface area is 130 Å². The van der Waals surface area contributed by atoms with E-state index in [1.807, 2.05) is 41.8 Å². The number of carbonyl (C=O) groups is 2. The molecule has 0 aliphatic carbocycles. The predicted molar refractivity (Wildman–Crippen MR) is 85.3 cm³/mol. The molecule has 1 N–H and O–H groups in total. The number of benzene rings is 1. The smallest absolute Gasteiger partial charge is 0.224 e. The molecule has 0 atom stereocenters. The van der Waals surface area contributed by atoms with Crippen LogP contribution in [0.4, 0.5) is 5.69 Å². The summed E-state index contributed by atoms with van der Waals surface area (Å²) in [6.07, 6.45) is 1.33. The van der Waals surface area contributed by atoms with Gasteiger partial charge in [0.2, 0.25) is 5.91 Å². The Balaban J connectivity index is 1.73. The Bertz CT molecular complexity index is 578. The highest BCUT2D eigenvalue weighted by Crippen LogP contribution is 2.15. The van der Waals surface area contributed by atoms with Crippen LogP contribution < -0.4 is 5.32 Å². The van der Waals surface area contributed by atoms with E-state index in [4.69, 9.17) is 0 Å². The number of thiophene rings is 1. The Morgan fingerprint density at radius 3 is 2.50 bits per heavy atom. The number of nitrogens with one attached hydrogen (secondary N) is 1. The van der Waals surface area contributed by atoms with E-state index in [9.17, 15) is 9.59 Å². The quantitative estimate of drug-likeness (QED) is 0.778. The van der Waals surface area contributed by atoms with Crippen molar-refractivity contribution < 1.29 is 9.59 Å². The van der Waals surface area contributed by atoms with Gasteiger partial charge < -0.3 is 5.32 Å². The van der Waals surface area contributed by atoms with Crippen molar-refractivity contribution in [2.75, 3.05) is 5.32 Å². The van der Waals surface area contributed by atoms with Crippen LogP contribution in [0.5, 0.6) is 0 Å². The van der Waals surface area contributed by atoms with Crippen LogP contribution in [0.25, 0.3) is 0 Å². The van der Waals surface area contributed by atoms with E-state index in [2.05, 4.69) is 21.2 Å². The number of amides is 1. The molecular weight excluding hydrogens is 338 g/mol. The van der Waals surface area contributed by atoms with E-state index in [-0.39, 0.29) is 11.7 Å². The van der Waals surface area contributed by atoms with Crippen LogP contribution in [-0.4, -0.2) is 11.7 Å². The minimum Gasteiger partial charge on any atom is -0.326 e. The van der Waals surface area contributed by atoms with Crippen molar-refractivity contribution in [3.05, 3.63) is 51.1 Å². The second-order valence-corrected chi connectivity index (χ2v) is 6.17. The van der Waals surface area contributed by atoms with Crippen molar-refractivity contribution in [1.82, 2.24) is 0 Å². The molecule has 1 amide bonds. The van der Waals surface area contributed by atoms with Gasteiger partial charge >= 0.3 is 0 Å². The van der Waals surface area contributed by atoms with E-state index in [0.29, 0.717) is 19.3 Å². The molecule has 20 heavy (non-hydrogen) atoms. The van der Waals surface area contributed by atoms with Gasteiger partial charge in [-0.3, -0.25) is 9.59 Å². The third-order valence-electron chi connectivity index (χ3n) is 2.73. The summed E-state index contributed by atoms with van der Waals surface area (Å²) < 4.78 is 0.969. The number of carbonyl (C=O) groups excluding carboxylic acids is 2. The fourth-order valence-corrected chi connectivity index (χ4v) is 2.69. The summed E-state index contributed by atoms with van der Waals surface area (Å²) in [5.41, 5.74) is 0.766. The van der Waals surface area contributed by atoms with Crippen molar-refractivity contribution in [3.8, 4) is 0 Å². The highest BCUT2D eigenvalue weighted by atomic mass is 79.9. The third-order valence-corrected chi connectivity index (χ3v) is 4.17. The Kier molecular flexibility index (Phi) is 5.49. The predicted octanol–water partition coefficient (Wildman–Crippen LogP) is 4.50. The Morgan fingerprint density at radius 1 is 1.10 bits per heavy atom. The van der Waals surface area contributed by atoms with Gasteiger partial charge in [-0.25, -0.2) is 0 Å². The maximum Gasteiger partial charge on any atom is 0.224 e. The molecule has 0 radical (unpaired) electrons. The van der Waals surface area contributed by atoms with E-state index in [1.165, 1.54) is 11.3 Å². The van der Waals surface area contributed by atoms with Gasteiger partial charge in [0.25, 0.3) is 0 Å². The molecule has 0 saturated heterocycles. The number of ketones is 1. The van der Waals surface area contributed by atoms with Gasteiger partial charge in [0.15, 0.2) is 5.78 Å². The van der Waals surface area contributed by atoms with Gasteiger partial charge in [-0.1, -0.05) is 22.0 Å². The molecule has 0 spiro atoms. The Hall–Kier alpha value is -1.46. The highest BCUT2D eigenvalue weighted by Gasteiger charge is 2.08. The molecule has 1 heterocycles. The lowest BCUT2D eigenvalue weighted by atomic mass is 10.1. The minimum atomic E-state index is -0.0636. The summed E-state index contributed by atoms with van der Waals surface area (Å²) >= 11 is 4.78. The van der Waals surface area contributed by atoms with Crippen molar-refractivity contribution in [2.45, 2.75) is 19.3 Å². The van der Waals surface area contributed by atoms with Gasteiger partial charge in [-0.2, -0.15) is 0 Å². The van der Waals surface area contributed by atoms with Crippen LogP contribution in [-0.2, 0) is 4.79 Å². The van der Waals surface area contributed by atoms with Gasteiger partial charge in [0.1, 0.15) is 0 Å². The first kappa shape index (κ1) is 14.9. The van der Waals surface area contributed by atoms with Gasteiger partial charge in [-0.05, 0) is 42.1 Å². The normalized spacial score (nSPS) is 10.2. The van der Waals surface area contributed by atoms with Crippen molar-refractivity contribution >= 4 is 44.6 Å². The number of halogens is 1. The standard InChI is InChI=1S/C15H14BrNO2S/c16-11-6-8-12(9-7-11)17-15(19)5-1-3-13(18)14-4-2-10-20-14/h2,4,6-10H,1,3,5H2,(H,17,19). The minimum absolute atomic E-state index is 0.0636. The third kappa shape index (κ3) is 4.58. The van der Waals surface area contributed by atoms with E-state index in [1.54, 1.807) is 0 Å². The monoisotopic (exact) mass is 351 g/mol. The average molecular weight is 352 g/mol. The summed E-state index contributed by atoms with van der Waals surface area (Å²) in [4.78, 5) is 24.3. The SMILES string of the molecule is O=C(CCCC(=O)c1cccs1)Nc1ccc(Br)cc1. The molecular formula is C15H14BrNO2S. The van der Waals surface area contributed by atoms with Gasteiger partial charge in [0.05, 0.1) is 4.88 Å². The van der Waals surface area contributed by atoms with Crippen LogP contribution in [0.1, 0.15) is 28.9 Å². The maximum absolute atomic E-state index is 11.8. The van der Waals surface area contributed by atoms with Crippen LogP contribution in [0.3, 0.4) is 0 Å². The first-order valence-corrected chi connectivity index (χ1v) is 7.94. The Morgan fingerprint density at radius 2 is 1.85 bits per heavy atom.